The summed E-state index contributed by atoms with van der Waals surface area (Å²) in [5.74, 6) is -0.659. The molecule has 48 valence electrons. The molecule has 8 heavy (non-hydrogen) atoms. The predicted octanol–water partition coefficient (Wildman–Crippen LogP) is 3.26. The minimum absolute atomic E-state index is 0.208. The van der Waals surface area contributed by atoms with Crippen molar-refractivity contribution in [3.8, 4) is 0 Å². The number of halogens is 3. The summed E-state index contributed by atoms with van der Waals surface area (Å²) in [7, 11) is 0. The van der Waals surface area contributed by atoms with Gasteiger partial charge in [-0.15, -0.1) is 0 Å². The van der Waals surface area contributed by atoms with Gasteiger partial charge in [-0.3, -0.25) is 0 Å². The summed E-state index contributed by atoms with van der Waals surface area (Å²) in [6.07, 6.45) is 0. The molecule has 0 heterocycles. The Labute approximate surface area is 58.3 Å². The first kappa shape index (κ1) is 8.25. The molecule has 0 bridgehead atoms. The zero-order chi connectivity index (χ0) is 6.73. The number of hydrogen-bond donors (Lipinski definition) is 0. The van der Waals surface area contributed by atoms with Crippen LogP contribution in [-0.4, -0.2) is 0 Å². The SMILES string of the molecule is CC(C)C(F)=C(Cl)Cl. The fraction of sp³-hybridized carbons (Fsp3) is 0.600. The third-order valence-corrected chi connectivity index (χ3v) is 1.05. The van der Waals surface area contributed by atoms with Gasteiger partial charge in [-0.1, -0.05) is 37.0 Å². The third-order valence-electron chi connectivity index (χ3n) is 0.687. The maximum atomic E-state index is 12.3. The molecule has 0 radical (unpaired) electrons. The van der Waals surface area contributed by atoms with E-state index in [1.807, 2.05) is 0 Å². The van der Waals surface area contributed by atoms with Crippen molar-refractivity contribution in [2.75, 3.05) is 0 Å². The van der Waals surface area contributed by atoms with Crippen LogP contribution in [0.3, 0.4) is 0 Å². The lowest BCUT2D eigenvalue weighted by Gasteiger charge is -1.97. The van der Waals surface area contributed by atoms with Crippen LogP contribution in [0.1, 0.15) is 13.8 Å². The molecule has 0 amide bonds. The standard InChI is InChI=1S/C5H7Cl2F/c1-3(2)4(8)5(6)7/h3H,1-2H3. The molecule has 3 heteroatoms. The van der Waals surface area contributed by atoms with Crippen LogP contribution in [0.2, 0.25) is 0 Å². The highest BCUT2D eigenvalue weighted by Gasteiger charge is 2.04. The van der Waals surface area contributed by atoms with Gasteiger partial charge in [0.2, 0.25) is 0 Å². The molecule has 0 unspecified atom stereocenters. The van der Waals surface area contributed by atoms with Crippen molar-refractivity contribution >= 4 is 23.2 Å². The van der Waals surface area contributed by atoms with E-state index in [1.165, 1.54) is 0 Å². The Morgan fingerprint density at radius 3 is 1.75 bits per heavy atom. The highest BCUT2D eigenvalue weighted by molar-refractivity contribution is 6.56. The van der Waals surface area contributed by atoms with Crippen molar-refractivity contribution in [3.05, 3.63) is 10.3 Å². The first-order chi connectivity index (χ1) is 3.55. The summed E-state index contributed by atoms with van der Waals surface area (Å²) in [6.45, 7) is 3.36. The average molecular weight is 157 g/mol. The molecule has 0 aliphatic heterocycles. The summed E-state index contributed by atoms with van der Waals surface area (Å²) < 4.78 is 12.0. The molecule has 0 spiro atoms. The molecule has 0 saturated heterocycles. The molecule has 0 aliphatic carbocycles. The molecule has 0 fully saturated rings. The molecule has 0 rings (SSSR count). The van der Waals surface area contributed by atoms with E-state index in [0.29, 0.717) is 0 Å². The van der Waals surface area contributed by atoms with Crippen LogP contribution in [-0.2, 0) is 0 Å². The van der Waals surface area contributed by atoms with Crippen LogP contribution >= 0.6 is 23.2 Å². The van der Waals surface area contributed by atoms with E-state index in [9.17, 15) is 4.39 Å². The quantitative estimate of drug-likeness (QED) is 0.547. The van der Waals surface area contributed by atoms with E-state index >= 15 is 0 Å². The van der Waals surface area contributed by atoms with Crippen molar-refractivity contribution in [1.82, 2.24) is 0 Å². The van der Waals surface area contributed by atoms with E-state index in [2.05, 4.69) is 0 Å². The van der Waals surface area contributed by atoms with Gasteiger partial charge in [-0.05, 0) is 0 Å². The highest BCUT2D eigenvalue weighted by Crippen LogP contribution is 2.21. The van der Waals surface area contributed by atoms with Crippen LogP contribution in [0.25, 0.3) is 0 Å². The Bertz CT molecular complexity index is 103. The summed E-state index contributed by atoms with van der Waals surface area (Å²) >= 11 is 10.2. The van der Waals surface area contributed by atoms with Crippen molar-refractivity contribution < 1.29 is 4.39 Å². The second kappa shape index (κ2) is 3.31. The molecule has 0 saturated carbocycles. The molecule has 0 aliphatic rings. The maximum Gasteiger partial charge on any atom is 0.138 e. The third kappa shape index (κ3) is 2.53. The lowest BCUT2D eigenvalue weighted by atomic mass is 10.2. The molecule has 0 aromatic rings. The van der Waals surface area contributed by atoms with E-state index in [-0.39, 0.29) is 10.4 Å². The minimum Gasteiger partial charge on any atom is -0.209 e. The molecular formula is C5H7Cl2F. The fourth-order valence-electron chi connectivity index (χ4n) is 0.218. The van der Waals surface area contributed by atoms with Gasteiger partial charge < -0.3 is 0 Å². The van der Waals surface area contributed by atoms with E-state index in [0.717, 1.165) is 0 Å². The molecule has 0 aromatic carbocycles. The van der Waals surface area contributed by atoms with Gasteiger partial charge >= 0.3 is 0 Å². The normalized spacial score (nSPS) is 9.75. The van der Waals surface area contributed by atoms with Gasteiger partial charge in [0.15, 0.2) is 0 Å². The van der Waals surface area contributed by atoms with Crippen LogP contribution in [0.4, 0.5) is 4.39 Å². The molecule has 0 N–H and O–H groups in total. The van der Waals surface area contributed by atoms with Gasteiger partial charge in [0.05, 0.1) is 0 Å². The highest BCUT2D eigenvalue weighted by atomic mass is 35.5. The van der Waals surface area contributed by atoms with Crippen LogP contribution in [0, 0.1) is 5.92 Å². The average Bonchev–Trinajstić information content (AvgIpc) is 1.64. The first-order valence-corrected chi connectivity index (χ1v) is 3.02. The predicted molar refractivity (Wildman–Crippen MR) is 34.7 cm³/mol. The lowest BCUT2D eigenvalue weighted by molar-refractivity contribution is 0.520. The van der Waals surface area contributed by atoms with Gasteiger partial charge in [-0.25, -0.2) is 4.39 Å². The van der Waals surface area contributed by atoms with E-state index < -0.39 is 5.83 Å². The maximum absolute atomic E-state index is 12.3. The van der Waals surface area contributed by atoms with Gasteiger partial charge in [-0.2, -0.15) is 0 Å². The molecule has 0 aromatic heterocycles. The second-order valence-electron chi connectivity index (χ2n) is 1.76. The van der Waals surface area contributed by atoms with Crippen LogP contribution in [0.15, 0.2) is 10.3 Å². The summed E-state index contributed by atoms with van der Waals surface area (Å²) in [5.41, 5.74) is 0. The smallest absolute Gasteiger partial charge is 0.138 e. The van der Waals surface area contributed by atoms with Crippen molar-refractivity contribution in [3.63, 3.8) is 0 Å². The molecule has 0 atom stereocenters. The minimum atomic E-state index is -0.451. The number of hydrogen-bond acceptors (Lipinski definition) is 0. The first-order valence-electron chi connectivity index (χ1n) is 2.26. The fourth-order valence-corrected chi connectivity index (χ4v) is 0.655. The lowest BCUT2D eigenvalue weighted by Crippen LogP contribution is -1.86. The summed E-state index contributed by atoms with van der Waals surface area (Å²) in [5, 5.41) is 0. The molecular weight excluding hydrogens is 150 g/mol. The number of rotatable bonds is 1. The summed E-state index contributed by atoms with van der Waals surface area (Å²) in [6, 6.07) is 0. The van der Waals surface area contributed by atoms with E-state index in [4.69, 9.17) is 23.2 Å². The largest absolute Gasteiger partial charge is 0.209 e. The topological polar surface area (TPSA) is 0 Å². The van der Waals surface area contributed by atoms with Crippen LogP contribution in [0.5, 0.6) is 0 Å². The zero-order valence-corrected chi connectivity index (χ0v) is 6.22. The van der Waals surface area contributed by atoms with Crippen molar-refractivity contribution in [1.29, 1.82) is 0 Å². The molecule has 0 nitrogen and oxygen atoms in total. The Morgan fingerprint density at radius 2 is 1.75 bits per heavy atom. The van der Waals surface area contributed by atoms with Crippen LogP contribution < -0.4 is 0 Å². The second-order valence-corrected chi connectivity index (χ2v) is 2.71. The van der Waals surface area contributed by atoms with Gasteiger partial charge in [0.1, 0.15) is 10.3 Å². The van der Waals surface area contributed by atoms with Gasteiger partial charge in [0, 0.05) is 5.92 Å². The summed E-state index contributed by atoms with van der Waals surface area (Å²) in [4.78, 5) is 0. The Balaban J connectivity index is 4.00. The Hall–Kier alpha value is 0.250. The van der Waals surface area contributed by atoms with Gasteiger partial charge in [0.25, 0.3) is 0 Å². The number of allylic oxidation sites excluding steroid dienone is 1. The van der Waals surface area contributed by atoms with E-state index in [1.54, 1.807) is 13.8 Å². The Morgan fingerprint density at radius 1 is 1.38 bits per heavy atom. The monoisotopic (exact) mass is 156 g/mol. The van der Waals surface area contributed by atoms with Crippen molar-refractivity contribution in [2.45, 2.75) is 13.8 Å². The zero-order valence-electron chi connectivity index (χ0n) is 4.71. The Kier molecular flexibility index (Phi) is 3.41. The van der Waals surface area contributed by atoms with Crippen molar-refractivity contribution in [2.24, 2.45) is 5.92 Å².